The maximum Gasteiger partial charge on any atom is 0.321 e. The van der Waals surface area contributed by atoms with Gasteiger partial charge in [-0.15, -0.1) is 0 Å². The number of hydrogen-bond donors (Lipinski definition) is 1. The molecule has 1 aromatic carbocycles. The molecule has 1 aromatic heterocycles. The summed E-state index contributed by atoms with van der Waals surface area (Å²) in [7, 11) is 0. The second-order valence-corrected chi connectivity index (χ2v) is 8.57. The molecule has 0 unspecified atom stereocenters. The number of aryl methyl sites for hydroxylation is 2. The first kappa shape index (κ1) is 21.8. The van der Waals surface area contributed by atoms with E-state index < -0.39 is 11.8 Å². The second-order valence-electron chi connectivity index (χ2n) is 8.57. The predicted octanol–water partition coefficient (Wildman–Crippen LogP) is 2.57. The minimum Gasteiger partial charge on any atom is -0.330 e. The van der Waals surface area contributed by atoms with Crippen LogP contribution in [0, 0.1) is 13.8 Å². The monoisotopic (exact) mass is 435 g/mol. The van der Waals surface area contributed by atoms with Crippen molar-refractivity contribution >= 4 is 23.5 Å². The molecule has 2 saturated heterocycles. The largest absolute Gasteiger partial charge is 0.330 e. The number of rotatable bonds is 4. The van der Waals surface area contributed by atoms with Crippen molar-refractivity contribution in [3.05, 3.63) is 59.4 Å². The summed E-state index contributed by atoms with van der Waals surface area (Å²) in [5.74, 6) is -0.929. The van der Waals surface area contributed by atoms with E-state index in [-0.39, 0.29) is 12.1 Å². The van der Waals surface area contributed by atoms with E-state index in [4.69, 9.17) is 0 Å². The number of carbonyl (C=O) groups is 3. The predicted molar refractivity (Wildman–Crippen MR) is 121 cm³/mol. The van der Waals surface area contributed by atoms with E-state index in [1.54, 1.807) is 20.9 Å². The van der Waals surface area contributed by atoms with Crippen LogP contribution in [0.2, 0.25) is 0 Å². The van der Waals surface area contributed by atoms with Gasteiger partial charge in [-0.3, -0.25) is 14.6 Å². The number of urea groups is 1. The van der Waals surface area contributed by atoms with E-state index in [9.17, 15) is 14.4 Å². The molecular weight excluding hydrogens is 406 g/mol. The van der Waals surface area contributed by atoms with Gasteiger partial charge in [-0.2, -0.15) is 0 Å². The minimum absolute atomic E-state index is 0.0197. The first-order valence-electron chi connectivity index (χ1n) is 11.0. The Balaban J connectivity index is 1.30. The molecule has 0 saturated carbocycles. The number of nitrogens with one attached hydrogen (secondary N) is 1. The fourth-order valence-corrected chi connectivity index (χ4v) is 4.51. The average Bonchev–Trinajstić information content (AvgIpc) is 2.77. The van der Waals surface area contributed by atoms with E-state index >= 15 is 0 Å². The quantitative estimate of drug-likeness (QED) is 0.748. The first-order valence-corrected chi connectivity index (χ1v) is 11.0. The summed E-state index contributed by atoms with van der Waals surface area (Å²) in [4.78, 5) is 47.4. The van der Waals surface area contributed by atoms with Gasteiger partial charge in [0.15, 0.2) is 0 Å². The maximum atomic E-state index is 12.8. The number of hydrogen-bond acceptors (Lipinski definition) is 4. The standard InChI is InChI=1S/C24H29N5O3/c1-17-13-18(2)15-20(14-17)26-24(32)27-9-6-21(7-10-27)29-12-11-28(22(30)23(29)31)16-19-5-3-4-8-25-19/h3-5,8,13-15,21H,6-7,9-12,16H2,1-2H3,(H,26,32). The molecule has 2 fully saturated rings. The van der Waals surface area contributed by atoms with Crippen LogP contribution < -0.4 is 5.32 Å². The third-order valence-electron chi connectivity index (χ3n) is 6.09. The number of benzene rings is 1. The molecule has 168 valence electrons. The Bertz CT molecular complexity index is 982. The fourth-order valence-electron chi connectivity index (χ4n) is 4.51. The van der Waals surface area contributed by atoms with Gasteiger partial charge in [-0.05, 0) is 62.1 Å². The van der Waals surface area contributed by atoms with Crippen LogP contribution in [0.5, 0.6) is 0 Å². The highest BCUT2D eigenvalue weighted by Crippen LogP contribution is 2.21. The number of piperidine rings is 1. The first-order chi connectivity index (χ1) is 15.4. The van der Waals surface area contributed by atoms with Gasteiger partial charge in [-0.25, -0.2) is 4.79 Å². The highest BCUT2D eigenvalue weighted by Gasteiger charge is 2.38. The number of anilines is 1. The molecule has 8 heteroatoms. The van der Waals surface area contributed by atoms with Gasteiger partial charge in [-0.1, -0.05) is 12.1 Å². The van der Waals surface area contributed by atoms with Crippen LogP contribution in [0.1, 0.15) is 29.7 Å². The van der Waals surface area contributed by atoms with E-state index in [1.807, 2.05) is 44.2 Å². The molecule has 1 N–H and O–H groups in total. The summed E-state index contributed by atoms with van der Waals surface area (Å²) >= 11 is 0. The SMILES string of the molecule is Cc1cc(C)cc(NC(=O)N2CCC(N3CCN(Cc4ccccn4)C(=O)C3=O)CC2)c1. The van der Waals surface area contributed by atoms with E-state index in [1.165, 1.54) is 0 Å². The lowest BCUT2D eigenvalue weighted by Crippen LogP contribution is -2.59. The van der Waals surface area contributed by atoms with Crippen LogP contribution in [0.25, 0.3) is 0 Å². The zero-order valence-corrected chi connectivity index (χ0v) is 18.6. The minimum atomic E-state index is -0.475. The smallest absolute Gasteiger partial charge is 0.321 e. The van der Waals surface area contributed by atoms with Gasteiger partial charge in [0, 0.05) is 44.1 Å². The molecule has 0 radical (unpaired) electrons. The highest BCUT2D eigenvalue weighted by molar-refractivity contribution is 6.35. The second kappa shape index (κ2) is 9.38. The van der Waals surface area contributed by atoms with Crippen LogP contribution in [0.15, 0.2) is 42.6 Å². The number of amides is 4. The summed E-state index contributed by atoms with van der Waals surface area (Å²) in [5, 5.41) is 2.97. The molecule has 2 aliphatic rings. The summed E-state index contributed by atoms with van der Waals surface area (Å²) in [6.45, 7) is 6.46. The molecule has 0 aliphatic carbocycles. The number of carbonyl (C=O) groups excluding carboxylic acids is 3. The molecule has 4 amide bonds. The third kappa shape index (κ3) is 4.90. The van der Waals surface area contributed by atoms with Crippen molar-refractivity contribution in [3.8, 4) is 0 Å². The van der Waals surface area contributed by atoms with Crippen molar-refractivity contribution < 1.29 is 14.4 Å². The van der Waals surface area contributed by atoms with Crippen LogP contribution in [-0.2, 0) is 16.1 Å². The summed E-state index contributed by atoms with van der Waals surface area (Å²) in [6.07, 6.45) is 3.01. The Morgan fingerprint density at radius 3 is 2.38 bits per heavy atom. The Morgan fingerprint density at radius 2 is 1.72 bits per heavy atom. The fraction of sp³-hybridized carbons (Fsp3) is 0.417. The van der Waals surface area contributed by atoms with E-state index in [0.29, 0.717) is 45.6 Å². The molecule has 8 nitrogen and oxygen atoms in total. The average molecular weight is 436 g/mol. The third-order valence-corrected chi connectivity index (χ3v) is 6.09. The number of aromatic nitrogens is 1. The van der Waals surface area contributed by atoms with Gasteiger partial charge in [0.2, 0.25) is 0 Å². The molecule has 0 bridgehead atoms. The van der Waals surface area contributed by atoms with Crippen molar-refractivity contribution in [2.24, 2.45) is 0 Å². The van der Waals surface area contributed by atoms with Crippen molar-refractivity contribution in [2.45, 2.75) is 39.3 Å². The van der Waals surface area contributed by atoms with Gasteiger partial charge in [0.05, 0.1) is 12.2 Å². The maximum absolute atomic E-state index is 12.8. The van der Waals surface area contributed by atoms with Crippen molar-refractivity contribution in [2.75, 3.05) is 31.5 Å². The zero-order chi connectivity index (χ0) is 22.7. The normalized spacial score (nSPS) is 17.6. The van der Waals surface area contributed by atoms with E-state index in [0.717, 1.165) is 22.5 Å². The van der Waals surface area contributed by atoms with Crippen molar-refractivity contribution in [3.63, 3.8) is 0 Å². The van der Waals surface area contributed by atoms with Gasteiger partial charge < -0.3 is 20.0 Å². The van der Waals surface area contributed by atoms with Crippen LogP contribution in [0.3, 0.4) is 0 Å². The molecule has 0 spiro atoms. The van der Waals surface area contributed by atoms with Crippen LogP contribution in [0.4, 0.5) is 10.5 Å². The van der Waals surface area contributed by atoms with Gasteiger partial charge in [0.1, 0.15) is 0 Å². The number of likely N-dealkylation sites (tertiary alicyclic amines) is 1. The lowest BCUT2D eigenvalue weighted by Gasteiger charge is -2.42. The lowest BCUT2D eigenvalue weighted by molar-refractivity contribution is -0.158. The molecule has 4 rings (SSSR count). The molecule has 2 aromatic rings. The molecular formula is C24H29N5O3. The number of nitrogens with zero attached hydrogens (tertiary/aromatic N) is 4. The Hall–Kier alpha value is -3.42. The lowest BCUT2D eigenvalue weighted by atomic mass is 10.0. The van der Waals surface area contributed by atoms with Crippen LogP contribution >= 0.6 is 0 Å². The van der Waals surface area contributed by atoms with E-state index in [2.05, 4.69) is 16.4 Å². The number of pyridine rings is 1. The molecule has 3 heterocycles. The van der Waals surface area contributed by atoms with Crippen LogP contribution in [-0.4, -0.2) is 69.8 Å². The van der Waals surface area contributed by atoms with Crippen molar-refractivity contribution in [1.29, 1.82) is 0 Å². The molecule has 2 aliphatic heterocycles. The van der Waals surface area contributed by atoms with Gasteiger partial charge >= 0.3 is 17.8 Å². The molecule has 0 atom stereocenters. The number of piperazine rings is 1. The Labute approximate surface area is 188 Å². The van der Waals surface area contributed by atoms with Gasteiger partial charge in [0.25, 0.3) is 0 Å². The topological polar surface area (TPSA) is 85.8 Å². The summed E-state index contributed by atoms with van der Waals surface area (Å²) in [5.41, 5.74) is 3.76. The molecule has 32 heavy (non-hydrogen) atoms. The zero-order valence-electron chi connectivity index (χ0n) is 18.6. The Kier molecular flexibility index (Phi) is 6.39. The van der Waals surface area contributed by atoms with Crippen molar-refractivity contribution in [1.82, 2.24) is 19.7 Å². The summed E-state index contributed by atoms with van der Waals surface area (Å²) < 4.78 is 0. The Morgan fingerprint density at radius 1 is 1.00 bits per heavy atom. The summed E-state index contributed by atoms with van der Waals surface area (Å²) in [6, 6.07) is 11.4. The highest BCUT2D eigenvalue weighted by atomic mass is 16.2.